The van der Waals surface area contributed by atoms with Crippen molar-refractivity contribution in [2.24, 2.45) is 0 Å². The molecular formula is C19H16F2O3. The fraction of sp³-hybridized carbons (Fsp3) is 0.158. The van der Waals surface area contributed by atoms with Gasteiger partial charge in [0, 0.05) is 10.8 Å². The minimum Gasteiger partial charge on any atom is -0.482 e. The zero-order valence-electron chi connectivity index (χ0n) is 12.7. The molecule has 0 heterocycles. The number of hydrogen-bond acceptors (Lipinski definition) is 3. The molecule has 0 bridgehead atoms. The number of halogens is 2. The van der Waals surface area contributed by atoms with E-state index in [4.69, 9.17) is 4.74 Å². The number of aliphatic hydroxyl groups is 2. The van der Waals surface area contributed by atoms with E-state index in [0.717, 1.165) is 0 Å². The average Bonchev–Trinajstić information content (AvgIpc) is 2.61. The number of benzene rings is 3. The Kier molecular flexibility index (Phi) is 4.74. The van der Waals surface area contributed by atoms with Crippen LogP contribution in [0, 0.1) is 11.6 Å². The molecule has 2 atom stereocenters. The molecule has 3 nitrogen and oxygen atoms in total. The molecule has 0 saturated carbocycles. The molecule has 3 aromatic carbocycles. The first-order valence-corrected chi connectivity index (χ1v) is 7.48. The quantitative estimate of drug-likeness (QED) is 0.752. The fourth-order valence-electron chi connectivity index (χ4n) is 2.62. The number of rotatable bonds is 5. The monoisotopic (exact) mass is 330 g/mol. The van der Waals surface area contributed by atoms with Gasteiger partial charge in [-0.05, 0) is 29.8 Å². The number of hydrogen-bond donors (Lipinski definition) is 2. The third kappa shape index (κ3) is 3.22. The molecule has 24 heavy (non-hydrogen) atoms. The summed E-state index contributed by atoms with van der Waals surface area (Å²) in [6.45, 7) is -0.555. The highest BCUT2D eigenvalue weighted by Crippen LogP contribution is 2.32. The van der Waals surface area contributed by atoms with Crippen LogP contribution in [0.5, 0.6) is 5.75 Å². The number of fused-ring (bicyclic) bond motifs is 1. The fourth-order valence-corrected chi connectivity index (χ4v) is 2.62. The second kappa shape index (κ2) is 6.95. The van der Waals surface area contributed by atoms with Gasteiger partial charge in [0.15, 0.2) is 6.10 Å². The molecule has 3 rings (SSSR count). The zero-order chi connectivity index (χ0) is 17.1. The van der Waals surface area contributed by atoms with Crippen LogP contribution >= 0.6 is 0 Å². The van der Waals surface area contributed by atoms with Crippen molar-refractivity contribution in [3.8, 4) is 5.75 Å². The minimum atomic E-state index is -1.25. The summed E-state index contributed by atoms with van der Waals surface area (Å²) in [5.74, 6) is -0.521. The van der Waals surface area contributed by atoms with E-state index in [2.05, 4.69) is 0 Å². The van der Waals surface area contributed by atoms with E-state index < -0.39 is 24.6 Å². The predicted octanol–water partition coefficient (Wildman–Crippen LogP) is 3.59. The van der Waals surface area contributed by atoms with Crippen molar-refractivity contribution in [1.29, 1.82) is 0 Å². The van der Waals surface area contributed by atoms with E-state index in [0.29, 0.717) is 22.1 Å². The number of ether oxygens (including phenoxy) is 1. The summed E-state index contributed by atoms with van der Waals surface area (Å²) < 4.78 is 33.2. The van der Waals surface area contributed by atoms with E-state index in [1.807, 2.05) is 0 Å². The molecule has 2 N–H and O–H groups in total. The van der Waals surface area contributed by atoms with Crippen molar-refractivity contribution >= 4 is 10.8 Å². The van der Waals surface area contributed by atoms with Crippen LogP contribution in [0.3, 0.4) is 0 Å². The first-order valence-electron chi connectivity index (χ1n) is 7.48. The van der Waals surface area contributed by atoms with Gasteiger partial charge in [-0.1, -0.05) is 36.4 Å². The summed E-state index contributed by atoms with van der Waals surface area (Å²) >= 11 is 0. The Labute approximate surface area is 137 Å². The lowest BCUT2D eigenvalue weighted by atomic mass is 10.0. The maximum atomic E-state index is 13.9. The van der Waals surface area contributed by atoms with Crippen molar-refractivity contribution in [3.05, 3.63) is 77.9 Å². The van der Waals surface area contributed by atoms with Gasteiger partial charge in [-0.2, -0.15) is 0 Å². The van der Waals surface area contributed by atoms with Gasteiger partial charge in [0.05, 0.1) is 6.61 Å². The van der Waals surface area contributed by atoms with Crippen LogP contribution in [0.25, 0.3) is 10.8 Å². The first kappa shape index (κ1) is 16.4. The highest BCUT2D eigenvalue weighted by Gasteiger charge is 2.24. The summed E-state index contributed by atoms with van der Waals surface area (Å²) in [7, 11) is 0. The van der Waals surface area contributed by atoms with Crippen LogP contribution in [0.2, 0.25) is 0 Å². The van der Waals surface area contributed by atoms with Crippen LogP contribution in [-0.4, -0.2) is 22.9 Å². The van der Waals surface area contributed by atoms with E-state index >= 15 is 0 Å². The van der Waals surface area contributed by atoms with E-state index in [1.54, 1.807) is 30.3 Å². The molecule has 0 saturated heterocycles. The van der Waals surface area contributed by atoms with Gasteiger partial charge in [0.2, 0.25) is 0 Å². The predicted molar refractivity (Wildman–Crippen MR) is 86.8 cm³/mol. The third-order valence-corrected chi connectivity index (χ3v) is 3.80. The molecule has 0 unspecified atom stereocenters. The molecule has 0 aliphatic carbocycles. The summed E-state index contributed by atoms with van der Waals surface area (Å²) in [5.41, 5.74) is 0.380. The Hall–Kier alpha value is -2.50. The summed E-state index contributed by atoms with van der Waals surface area (Å²) in [6.07, 6.45) is -2.24. The lowest BCUT2D eigenvalue weighted by Gasteiger charge is -2.24. The molecule has 5 heteroatoms. The molecule has 0 amide bonds. The largest absolute Gasteiger partial charge is 0.482 e. The Bertz CT molecular complexity index is 851. The normalized spacial score (nSPS) is 13.7. The average molecular weight is 330 g/mol. The van der Waals surface area contributed by atoms with E-state index in [1.165, 1.54) is 30.3 Å². The highest BCUT2D eigenvalue weighted by atomic mass is 19.1. The van der Waals surface area contributed by atoms with Gasteiger partial charge < -0.3 is 14.9 Å². The molecule has 0 aromatic heterocycles. The topological polar surface area (TPSA) is 49.7 Å². The van der Waals surface area contributed by atoms with Gasteiger partial charge >= 0.3 is 0 Å². The first-order chi connectivity index (χ1) is 11.6. The molecule has 3 aromatic rings. The van der Waals surface area contributed by atoms with Crippen LogP contribution < -0.4 is 4.74 Å². The lowest BCUT2D eigenvalue weighted by Crippen LogP contribution is -2.27. The van der Waals surface area contributed by atoms with Crippen molar-refractivity contribution in [3.63, 3.8) is 0 Å². The Balaban J connectivity index is 2.04. The molecule has 0 radical (unpaired) electrons. The smallest absolute Gasteiger partial charge is 0.152 e. The molecule has 0 aliphatic rings. The van der Waals surface area contributed by atoms with Crippen molar-refractivity contribution in [2.75, 3.05) is 6.61 Å². The van der Waals surface area contributed by atoms with E-state index in [9.17, 15) is 19.0 Å². The minimum absolute atomic E-state index is 0.341. The second-order valence-corrected chi connectivity index (χ2v) is 5.43. The van der Waals surface area contributed by atoms with Crippen LogP contribution in [0.4, 0.5) is 8.78 Å². The maximum absolute atomic E-state index is 13.9. The Morgan fingerprint density at radius 2 is 1.67 bits per heavy atom. The summed E-state index contributed by atoms with van der Waals surface area (Å²) in [4.78, 5) is 0. The van der Waals surface area contributed by atoms with Crippen molar-refractivity contribution in [1.82, 2.24) is 0 Å². The molecule has 124 valence electrons. The highest BCUT2D eigenvalue weighted by molar-refractivity contribution is 5.88. The molecule has 0 spiro atoms. The van der Waals surface area contributed by atoms with Gasteiger partial charge in [-0.25, -0.2) is 8.78 Å². The van der Waals surface area contributed by atoms with Gasteiger partial charge in [0.1, 0.15) is 23.5 Å². The zero-order valence-corrected chi connectivity index (χ0v) is 12.7. The Morgan fingerprint density at radius 3 is 2.38 bits per heavy atom. The van der Waals surface area contributed by atoms with Crippen LogP contribution in [-0.2, 0) is 0 Å². The van der Waals surface area contributed by atoms with Gasteiger partial charge in [-0.3, -0.25) is 0 Å². The summed E-state index contributed by atoms with van der Waals surface area (Å²) in [5, 5.41) is 20.3. The lowest BCUT2D eigenvalue weighted by molar-refractivity contribution is -0.00136. The van der Waals surface area contributed by atoms with Crippen LogP contribution in [0.15, 0.2) is 60.7 Å². The second-order valence-electron chi connectivity index (χ2n) is 5.43. The Morgan fingerprint density at radius 1 is 0.917 bits per heavy atom. The third-order valence-electron chi connectivity index (χ3n) is 3.80. The molecular weight excluding hydrogens is 314 g/mol. The standard InChI is InChI=1S/C19H16F2O3/c20-13-5-3-4-12(10-13)19(17(23)11-22)24-18-9-8-16(21)14-6-1-2-7-15(14)18/h1-10,17,19,22-23H,11H2/t17-,19+/m1/s1. The van der Waals surface area contributed by atoms with Crippen molar-refractivity contribution in [2.45, 2.75) is 12.2 Å². The van der Waals surface area contributed by atoms with Gasteiger partial charge in [-0.15, -0.1) is 0 Å². The van der Waals surface area contributed by atoms with Gasteiger partial charge in [0.25, 0.3) is 0 Å². The van der Waals surface area contributed by atoms with Crippen molar-refractivity contribution < 1.29 is 23.7 Å². The SMILES string of the molecule is OC[C@@H](O)[C@@H](Oc1ccc(F)c2ccccc12)c1cccc(F)c1. The summed E-state index contributed by atoms with van der Waals surface area (Å²) in [6, 6.07) is 15.1. The van der Waals surface area contributed by atoms with E-state index in [-0.39, 0.29) is 5.82 Å². The number of aliphatic hydroxyl groups excluding tert-OH is 2. The maximum Gasteiger partial charge on any atom is 0.152 e. The molecule has 0 fully saturated rings. The molecule has 0 aliphatic heterocycles. The van der Waals surface area contributed by atoms with Crippen LogP contribution in [0.1, 0.15) is 11.7 Å².